The van der Waals surface area contributed by atoms with E-state index in [9.17, 15) is 8.42 Å². The summed E-state index contributed by atoms with van der Waals surface area (Å²) in [5.74, 6) is 1.08. The maximum Gasteiger partial charge on any atom is 0.265 e. The van der Waals surface area contributed by atoms with Crippen LogP contribution in [0.5, 0.6) is 0 Å². The Bertz CT molecular complexity index is 1570. The Hall–Kier alpha value is -3.57. The van der Waals surface area contributed by atoms with Crippen molar-refractivity contribution >= 4 is 10.1 Å². The first-order valence-electron chi connectivity index (χ1n) is 17.0. The SMILES string of the molecule is CCC(CC(CC(CC(C)c1ccncc1)c1cc[n+](CCOCCOC)cc1)c1cc[n+](CCCS(=O)(=O)O)cc1)c1ccncc1. The summed E-state index contributed by atoms with van der Waals surface area (Å²) in [6.07, 6.45) is 20.3. The molecule has 0 bridgehead atoms. The van der Waals surface area contributed by atoms with E-state index in [-0.39, 0.29) is 11.7 Å². The average molecular weight is 677 g/mol. The smallest absolute Gasteiger partial charge is 0.265 e. The van der Waals surface area contributed by atoms with Gasteiger partial charge in [-0.25, -0.2) is 9.13 Å². The molecule has 4 unspecified atom stereocenters. The zero-order valence-electron chi connectivity index (χ0n) is 28.6. The van der Waals surface area contributed by atoms with Gasteiger partial charge in [0.05, 0.1) is 19.0 Å². The molecule has 4 aromatic rings. The number of aromatic nitrogens is 4. The van der Waals surface area contributed by atoms with Crippen molar-refractivity contribution in [2.24, 2.45) is 0 Å². The molecule has 4 rings (SSSR count). The number of aryl methyl sites for hydroxylation is 1. The Morgan fingerprint density at radius 1 is 0.688 bits per heavy atom. The van der Waals surface area contributed by atoms with Gasteiger partial charge < -0.3 is 9.47 Å². The van der Waals surface area contributed by atoms with Crippen LogP contribution in [0.2, 0.25) is 0 Å². The van der Waals surface area contributed by atoms with Crippen molar-refractivity contribution in [2.45, 2.75) is 82.7 Å². The summed E-state index contributed by atoms with van der Waals surface area (Å²) in [6.45, 7) is 7.69. The quantitative estimate of drug-likeness (QED) is 0.0653. The van der Waals surface area contributed by atoms with Crippen LogP contribution < -0.4 is 9.13 Å². The average Bonchev–Trinajstić information content (AvgIpc) is 3.10. The molecule has 0 radical (unpaired) electrons. The summed E-state index contributed by atoms with van der Waals surface area (Å²) in [4.78, 5) is 8.50. The van der Waals surface area contributed by atoms with Crippen LogP contribution in [0, 0.1) is 0 Å². The van der Waals surface area contributed by atoms with Crippen LogP contribution in [0.4, 0.5) is 0 Å². The van der Waals surface area contributed by atoms with E-state index in [0.29, 0.717) is 50.5 Å². The molecule has 4 heterocycles. The Morgan fingerprint density at radius 2 is 1.19 bits per heavy atom. The second kappa shape index (κ2) is 19.4. The van der Waals surface area contributed by atoms with Crippen LogP contribution in [0.1, 0.15) is 91.9 Å². The minimum atomic E-state index is -3.97. The van der Waals surface area contributed by atoms with Gasteiger partial charge in [0.25, 0.3) is 10.1 Å². The highest BCUT2D eigenvalue weighted by Gasteiger charge is 2.26. The lowest BCUT2D eigenvalue weighted by Crippen LogP contribution is -2.35. The molecule has 4 aromatic heterocycles. The van der Waals surface area contributed by atoms with E-state index in [4.69, 9.17) is 14.0 Å². The maximum atomic E-state index is 11.2. The Labute approximate surface area is 286 Å². The van der Waals surface area contributed by atoms with Crippen molar-refractivity contribution in [1.29, 1.82) is 0 Å². The molecule has 1 N–H and O–H groups in total. The number of pyridine rings is 4. The number of hydrogen-bond donors (Lipinski definition) is 1. The lowest BCUT2D eigenvalue weighted by molar-refractivity contribution is -0.698. The Balaban J connectivity index is 1.61. The van der Waals surface area contributed by atoms with Crippen molar-refractivity contribution in [1.82, 2.24) is 9.97 Å². The number of methoxy groups -OCH3 is 1. The molecule has 0 aliphatic heterocycles. The predicted molar refractivity (Wildman–Crippen MR) is 186 cm³/mol. The molecular weight excluding hydrogens is 625 g/mol. The first-order valence-corrected chi connectivity index (χ1v) is 18.7. The van der Waals surface area contributed by atoms with E-state index in [1.807, 2.05) is 41.7 Å². The zero-order valence-corrected chi connectivity index (χ0v) is 29.4. The summed E-state index contributed by atoms with van der Waals surface area (Å²) in [5, 5.41) is 0. The van der Waals surface area contributed by atoms with Gasteiger partial charge in [0, 0.05) is 62.6 Å². The Kier molecular flexibility index (Phi) is 15.1. The number of nitrogens with zero attached hydrogens (tertiary/aromatic N) is 4. The van der Waals surface area contributed by atoms with Gasteiger partial charge in [-0.1, -0.05) is 13.8 Å². The molecule has 0 saturated heterocycles. The standard InChI is InChI=1S/C38H51N4O5S/c1-4-32(34-8-16-40-17-9-34)29-38(36-10-19-41(20-11-36)18-5-27-48(43,44)45)30-37(28-31(2)33-6-14-39-15-7-33)35-12-21-42(22-13-35)23-24-47-26-25-46-3/h6-17,19-22,31-32,37-38H,4-5,18,23-30H2,1-3H3/q+1/p+1. The van der Waals surface area contributed by atoms with Crippen molar-refractivity contribution in [3.8, 4) is 0 Å². The van der Waals surface area contributed by atoms with E-state index in [1.54, 1.807) is 7.11 Å². The summed E-state index contributed by atoms with van der Waals surface area (Å²) in [6, 6.07) is 17.4. The fourth-order valence-corrected chi connectivity index (χ4v) is 6.97. The third-order valence-electron chi connectivity index (χ3n) is 9.24. The molecule has 0 amide bonds. The second-order valence-corrected chi connectivity index (χ2v) is 14.2. The van der Waals surface area contributed by atoms with Crippen molar-refractivity contribution in [2.75, 3.05) is 32.7 Å². The van der Waals surface area contributed by atoms with E-state index in [2.05, 4.69) is 89.3 Å². The third-order valence-corrected chi connectivity index (χ3v) is 10.0. The molecule has 0 aliphatic rings. The van der Waals surface area contributed by atoms with Gasteiger partial charge in [-0.3, -0.25) is 14.5 Å². The molecule has 9 nitrogen and oxygen atoms in total. The lowest BCUT2D eigenvalue weighted by atomic mass is 9.75. The first-order chi connectivity index (χ1) is 23.3. The summed E-state index contributed by atoms with van der Waals surface area (Å²) < 4.78 is 46.5. The Morgan fingerprint density at radius 3 is 1.73 bits per heavy atom. The first kappa shape index (κ1) is 37.3. The van der Waals surface area contributed by atoms with Gasteiger partial charge in [-0.15, -0.1) is 0 Å². The van der Waals surface area contributed by atoms with E-state index in [0.717, 1.165) is 32.2 Å². The van der Waals surface area contributed by atoms with Crippen LogP contribution in [0.3, 0.4) is 0 Å². The molecule has 0 spiro atoms. The highest BCUT2D eigenvalue weighted by Crippen LogP contribution is 2.41. The molecular formula is C38H52N4O5S+2. The molecule has 258 valence electrons. The summed E-state index contributed by atoms with van der Waals surface area (Å²) in [7, 11) is -2.29. The third kappa shape index (κ3) is 12.5. The highest BCUT2D eigenvalue weighted by atomic mass is 32.2. The normalized spacial score (nSPS) is 14.3. The minimum absolute atomic E-state index is 0.246. The van der Waals surface area contributed by atoms with E-state index in [1.165, 1.54) is 22.3 Å². The van der Waals surface area contributed by atoms with Gasteiger partial charge in [0.15, 0.2) is 31.3 Å². The largest absolute Gasteiger partial charge is 0.382 e. The van der Waals surface area contributed by atoms with E-state index < -0.39 is 10.1 Å². The summed E-state index contributed by atoms with van der Waals surface area (Å²) in [5.41, 5.74) is 5.20. The summed E-state index contributed by atoms with van der Waals surface area (Å²) >= 11 is 0. The van der Waals surface area contributed by atoms with Crippen molar-refractivity contribution < 1.29 is 31.6 Å². The fraction of sp³-hybridized carbons (Fsp3) is 0.474. The number of hydrogen-bond acceptors (Lipinski definition) is 6. The monoisotopic (exact) mass is 676 g/mol. The molecule has 0 saturated carbocycles. The highest BCUT2D eigenvalue weighted by molar-refractivity contribution is 7.85. The van der Waals surface area contributed by atoms with Crippen LogP contribution in [-0.4, -0.2) is 55.6 Å². The molecule has 4 atom stereocenters. The van der Waals surface area contributed by atoms with Gasteiger partial charge in [0.2, 0.25) is 0 Å². The topological polar surface area (TPSA) is 106 Å². The van der Waals surface area contributed by atoms with Gasteiger partial charge >= 0.3 is 0 Å². The van der Waals surface area contributed by atoms with Crippen LogP contribution in [-0.2, 0) is 32.7 Å². The van der Waals surface area contributed by atoms with Crippen LogP contribution >= 0.6 is 0 Å². The zero-order chi connectivity index (χ0) is 34.2. The maximum absolute atomic E-state index is 11.2. The van der Waals surface area contributed by atoms with Gasteiger partial charge in [-0.05, 0) is 95.9 Å². The minimum Gasteiger partial charge on any atom is -0.382 e. The van der Waals surface area contributed by atoms with Gasteiger partial charge in [-0.2, -0.15) is 8.42 Å². The molecule has 0 aromatic carbocycles. The van der Waals surface area contributed by atoms with Crippen molar-refractivity contribution in [3.05, 3.63) is 120 Å². The number of rotatable bonds is 21. The van der Waals surface area contributed by atoms with E-state index >= 15 is 0 Å². The van der Waals surface area contributed by atoms with Crippen LogP contribution in [0.15, 0.2) is 98.1 Å². The number of ether oxygens (including phenoxy) is 2. The second-order valence-electron chi connectivity index (χ2n) is 12.7. The molecule has 0 aliphatic carbocycles. The fourth-order valence-electron chi connectivity index (χ4n) is 6.48. The van der Waals surface area contributed by atoms with Gasteiger partial charge in [0.1, 0.15) is 13.2 Å². The predicted octanol–water partition coefficient (Wildman–Crippen LogP) is 6.03. The molecule has 10 heteroatoms. The van der Waals surface area contributed by atoms with Crippen molar-refractivity contribution in [3.63, 3.8) is 0 Å². The van der Waals surface area contributed by atoms with Crippen LogP contribution in [0.25, 0.3) is 0 Å². The molecule has 0 fully saturated rings. The molecule has 48 heavy (non-hydrogen) atoms. The lowest BCUT2D eigenvalue weighted by Gasteiger charge is -2.29.